The van der Waals surface area contributed by atoms with E-state index in [9.17, 15) is 14.4 Å². The molecule has 0 fully saturated rings. The molecule has 10 heteroatoms. The van der Waals surface area contributed by atoms with Gasteiger partial charge < -0.3 is 10.6 Å². The van der Waals surface area contributed by atoms with E-state index in [0.29, 0.717) is 17.3 Å². The Morgan fingerprint density at radius 3 is 2.20 bits per heavy atom. The minimum Gasteiger partial charge on any atom is -0.306 e. The summed E-state index contributed by atoms with van der Waals surface area (Å²) in [6.45, 7) is 2.49. The number of benzene rings is 3. The van der Waals surface area contributed by atoms with Crippen molar-refractivity contribution in [2.24, 2.45) is 0 Å². The van der Waals surface area contributed by atoms with E-state index in [4.69, 9.17) is 34.8 Å². The molecule has 3 aromatic carbocycles. The number of carbonyl (C=O) groups is 3. The Morgan fingerprint density at radius 1 is 0.829 bits per heavy atom. The molecule has 0 aromatic heterocycles. The van der Waals surface area contributed by atoms with Crippen LogP contribution in [0.25, 0.3) is 0 Å². The minimum absolute atomic E-state index is 0.151. The highest BCUT2D eigenvalue weighted by molar-refractivity contribution is 6.35. The van der Waals surface area contributed by atoms with Gasteiger partial charge in [0.25, 0.3) is 5.91 Å². The molecule has 182 valence electrons. The van der Waals surface area contributed by atoms with Gasteiger partial charge in [-0.3, -0.25) is 15.0 Å². The molecule has 0 aliphatic rings. The summed E-state index contributed by atoms with van der Waals surface area (Å²) >= 11 is 18.4. The lowest BCUT2D eigenvalue weighted by Gasteiger charge is -2.24. The molecule has 0 bridgehead atoms. The quantitative estimate of drug-likeness (QED) is 0.295. The number of imide groups is 1. The number of halogens is 3. The molecule has 35 heavy (non-hydrogen) atoms. The standard InChI is InChI=1S/C25H23Cl3N4O3/c1-2-3-15-32(17-13-11-16(26)12-14-17)25(35)30-22-20(28)9-6-10-21(22)29-24(34)31-23(33)18-7-4-5-8-19(18)27/h4-14H,2-3,15H2,1H3,(H,30,35)(H2,29,31,33,34). The Morgan fingerprint density at radius 2 is 1.51 bits per heavy atom. The number of para-hydroxylation sites is 1. The van der Waals surface area contributed by atoms with Gasteiger partial charge in [-0.1, -0.05) is 66.3 Å². The zero-order valence-corrected chi connectivity index (χ0v) is 21.0. The van der Waals surface area contributed by atoms with Crippen molar-refractivity contribution >= 4 is 69.8 Å². The number of urea groups is 2. The summed E-state index contributed by atoms with van der Waals surface area (Å²) in [6.07, 6.45) is 1.66. The summed E-state index contributed by atoms with van der Waals surface area (Å²) in [5.74, 6) is -0.672. The van der Waals surface area contributed by atoms with Gasteiger partial charge >= 0.3 is 12.1 Å². The van der Waals surface area contributed by atoms with E-state index in [-0.39, 0.29) is 27.0 Å². The lowest BCUT2D eigenvalue weighted by atomic mass is 10.2. The second-order valence-corrected chi connectivity index (χ2v) is 8.71. The topological polar surface area (TPSA) is 90.5 Å². The normalized spacial score (nSPS) is 10.4. The number of anilines is 3. The van der Waals surface area contributed by atoms with Crippen LogP contribution in [0.1, 0.15) is 30.1 Å². The fourth-order valence-electron chi connectivity index (χ4n) is 3.18. The van der Waals surface area contributed by atoms with Gasteiger partial charge in [0, 0.05) is 17.3 Å². The summed E-state index contributed by atoms with van der Waals surface area (Å²) in [7, 11) is 0. The zero-order valence-electron chi connectivity index (χ0n) is 18.8. The first-order chi connectivity index (χ1) is 16.8. The highest BCUT2D eigenvalue weighted by Crippen LogP contribution is 2.31. The monoisotopic (exact) mass is 532 g/mol. The third-order valence-corrected chi connectivity index (χ3v) is 5.85. The number of hydrogen-bond acceptors (Lipinski definition) is 3. The van der Waals surface area contributed by atoms with E-state index in [1.54, 1.807) is 65.6 Å². The van der Waals surface area contributed by atoms with Crippen LogP contribution in [0.2, 0.25) is 15.1 Å². The Labute approximate surface area is 218 Å². The van der Waals surface area contributed by atoms with Crippen molar-refractivity contribution < 1.29 is 14.4 Å². The molecule has 3 aromatic rings. The van der Waals surface area contributed by atoms with Crippen LogP contribution in [0.5, 0.6) is 0 Å². The molecular formula is C25H23Cl3N4O3. The number of hydrogen-bond donors (Lipinski definition) is 3. The molecule has 0 radical (unpaired) electrons. The van der Waals surface area contributed by atoms with Crippen LogP contribution in [0, 0.1) is 0 Å². The summed E-state index contributed by atoms with van der Waals surface area (Å²) in [6, 6.07) is 16.7. The molecule has 0 saturated heterocycles. The van der Waals surface area contributed by atoms with Crippen LogP contribution >= 0.6 is 34.8 Å². The van der Waals surface area contributed by atoms with Crippen molar-refractivity contribution in [1.29, 1.82) is 0 Å². The minimum atomic E-state index is -0.812. The SMILES string of the molecule is CCCCN(C(=O)Nc1c(Cl)cccc1NC(=O)NC(=O)c1ccccc1Cl)c1ccc(Cl)cc1. The molecule has 0 aliphatic carbocycles. The molecule has 3 N–H and O–H groups in total. The lowest BCUT2D eigenvalue weighted by molar-refractivity contribution is 0.0967. The van der Waals surface area contributed by atoms with Crippen molar-refractivity contribution in [2.45, 2.75) is 19.8 Å². The molecule has 0 saturated carbocycles. The van der Waals surface area contributed by atoms with Crippen LogP contribution in [0.15, 0.2) is 66.7 Å². The van der Waals surface area contributed by atoms with Crippen LogP contribution in [-0.2, 0) is 0 Å². The maximum Gasteiger partial charge on any atom is 0.326 e. The Bertz CT molecular complexity index is 1220. The van der Waals surface area contributed by atoms with Crippen molar-refractivity contribution in [1.82, 2.24) is 5.32 Å². The maximum atomic E-state index is 13.2. The van der Waals surface area contributed by atoms with Crippen LogP contribution < -0.4 is 20.9 Å². The number of nitrogens with zero attached hydrogens (tertiary/aromatic N) is 1. The molecule has 0 spiro atoms. The summed E-state index contributed by atoms with van der Waals surface area (Å²) in [5.41, 5.74) is 1.21. The van der Waals surface area contributed by atoms with Crippen LogP contribution in [0.4, 0.5) is 26.7 Å². The first-order valence-electron chi connectivity index (χ1n) is 10.8. The molecule has 7 nitrogen and oxygen atoms in total. The largest absolute Gasteiger partial charge is 0.326 e. The predicted octanol–water partition coefficient (Wildman–Crippen LogP) is 7.45. The number of rotatable bonds is 7. The number of carbonyl (C=O) groups excluding carboxylic acids is 3. The predicted molar refractivity (Wildman–Crippen MR) is 142 cm³/mol. The van der Waals surface area contributed by atoms with Gasteiger partial charge in [0.2, 0.25) is 0 Å². The first-order valence-corrected chi connectivity index (χ1v) is 11.9. The van der Waals surface area contributed by atoms with E-state index in [1.165, 1.54) is 6.07 Å². The summed E-state index contributed by atoms with van der Waals surface area (Å²) in [4.78, 5) is 39.7. The second-order valence-electron chi connectivity index (χ2n) is 7.46. The van der Waals surface area contributed by atoms with Crippen molar-refractivity contribution in [3.05, 3.63) is 87.4 Å². The van der Waals surface area contributed by atoms with Gasteiger partial charge in [-0.25, -0.2) is 9.59 Å². The molecule has 0 unspecified atom stereocenters. The molecular weight excluding hydrogens is 511 g/mol. The fourth-order valence-corrected chi connectivity index (χ4v) is 3.75. The maximum absolute atomic E-state index is 13.2. The Kier molecular flexibility index (Phi) is 9.37. The zero-order chi connectivity index (χ0) is 25.4. The highest BCUT2D eigenvalue weighted by atomic mass is 35.5. The highest BCUT2D eigenvalue weighted by Gasteiger charge is 2.20. The van der Waals surface area contributed by atoms with E-state index in [1.807, 2.05) is 6.92 Å². The third kappa shape index (κ3) is 7.11. The second kappa shape index (κ2) is 12.4. The number of nitrogens with one attached hydrogen (secondary N) is 3. The summed E-state index contributed by atoms with van der Waals surface area (Å²) < 4.78 is 0. The molecule has 0 aliphatic heterocycles. The average molecular weight is 534 g/mol. The fraction of sp³-hybridized carbons (Fsp3) is 0.160. The van der Waals surface area contributed by atoms with Crippen LogP contribution in [-0.4, -0.2) is 24.5 Å². The smallest absolute Gasteiger partial charge is 0.306 e. The Hall–Kier alpha value is -3.26. The van der Waals surface area contributed by atoms with Crippen LogP contribution in [0.3, 0.4) is 0 Å². The first kappa shape index (κ1) is 26.3. The number of unbranched alkanes of at least 4 members (excludes halogenated alkanes) is 1. The van der Waals surface area contributed by atoms with Gasteiger partial charge in [0.1, 0.15) is 0 Å². The van der Waals surface area contributed by atoms with Gasteiger partial charge in [-0.2, -0.15) is 0 Å². The van der Waals surface area contributed by atoms with Gasteiger partial charge in [0.15, 0.2) is 0 Å². The van der Waals surface area contributed by atoms with Gasteiger partial charge in [-0.05, 0) is 55.0 Å². The van der Waals surface area contributed by atoms with E-state index in [2.05, 4.69) is 16.0 Å². The van der Waals surface area contributed by atoms with Crippen molar-refractivity contribution in [3.63, 3.8) is 0 Å². The van der Waals surface area contributed by atoms with Gasteiger partial charge in [-0.15, -0.1) is 0 Å². The van der Waals surface area contributed by atoms with E-state index in [0.717, 1.165) is 12.8 Å². The van der Waals surface area contributed by atoms with Crippen molar-refractivity contribution in [3.8, 4) is 0 Å². The average Bonchev–Trinajstić information content (AvgIpc) is 2.82. The number of amides is 5. The molecule has 3 rings (SSSR count). The van der Waals surface area contributed by atoms with Gasteiger partial charge in [0.05, 0.1) is 27.0 Å². The third-order valence-electron chi connectivity index (χ3n) is 4.96. The summed E-state index contributed by atoms with van der Waals surface area (Å²) in [5, 5.41) is 8.52. The Balaban J connectivity index is 1.78. The van der Waals surface area contributed by atoms with E-state index >= 15 is 0 Å². The van der Waals surface area contributed by atoms with Crippen molar-refractivity contribution in [2.75, 3.05) is 22.1 Å². The molecule has 0 heterocycles. The molecule has 0 atom stereocenters. The lowest BCUT2D eigenvalue weighted by Crippen LogP contribution is -2.37. The molecule has 5 amide bonds. The van der Waals surface area contributed by atoms with E-state index < -0.39 is 18.0 Å².